The van der Waals surface area contributed by atoms with Gasteiger partial charge in [-0.2, -0.15) is 0 Å². The third kappa shape index (κ3) is 3.13. The number of carbonyl (C=O) groups excluding carboxylic acids is 1. The molecule has 132 valence electrons. The van der Waals surface area contributed by atoms with E-state index >= 15 is 0 Å². The molecule has 1 aromatic carbocycles. The van der Waals surface area contributed by atoms with Gasteiger partial charge in [-0.3, -0.25) is 0 Å². The van der Waals surface area contributed by atoms with Crippen molar-refractivity contribution in [1.29, 1.82) is 0 Å². The molecular formula is C18H26ClN3O2. The molecular weight excluding hydrogens is 326 g/mol. The minimum Gasteiger partial charge on any atom is -0.444 e. The van der Waals surface area contributed by atoms with Crippen LogP contribution < -0.4 is 11.1 Å². The predicted octanol–water partition coefficient (Wildman–Crippen LogP) is 2.55. The highest BCUT2D eigenvalue weighted by Gasteiger charge is 2.58. The summed E-state index contributed by atoms with van der Waals surface area (Å²) in [6.07, 6.45) is 0.523. The lowest BCUT2D eigenvalue weighted by atomic mass is 9.65. The number of benzene rings is 1. The third-order valence-electron chi connectivity index (χ3n) is 4.98. The number of ether oxygens (including phenoxy) is 1. The predicted molar refractivity (Wildman–Crippen MR) is 95.1 cm³/mol. The van der Waals surface area contributed by atoms with Crippen molar-refractivity contribution >= 4 is 17.7 Å². The number of nitrogens with zero attached hydrogens (tertiary/aromatic N) is 1. The molecule has 2 heterocycles. The van der Waals surface area contributed by atoms with Gasteiger partial charge >= 0.3 is 6.09 Å². The van der Waals surface area contributed by atoms with Crippen molar-refractivity contribution in [2.75, 3.05) is 19.6 Å². The Hall–Kier alpha value is -1.30. The van der Waals surface area contributed by atoms with E-state index in [1.807, 2.05) is 37.8 Å². The van der Waals surface area contributed by atoms with E-state index in [1.165, 1.54) is 0 Å². The topological polar surface area (TPSA) is 67.6 Å². The van der Waals surface area contributed by atoms with Gasteiger partial charge in [0.05, 0.1) is 0 Å². The van der Waals surface area contributed by atoms with E-state index in [4.69, 9.17) is 22.1 Å². The summed E-state index contributed by atoms with van der Waals surface area (Å²) in [6.45, 7) is 8.71. The van der Waals surface area contributed by atoms with Gasteiger partial charge in [-0.25, -0.2) is 4.79 Å². The van der Waals surface area contributed by atoms with Crippen LogP contribution in [0.2, 0.25) is 5.02 Å². The third-order valence-corrected chi connectivity index (χ3v) is 5.34. The Morgan fingerprint density at radius 3 is 2.71 bits per heavy atom. The molecule has 0 aliphatic carbocycles. The molecule has 1 aromatic rings. The van der Waals surface area contributed by atoms with Gasteiger partial charge in [-0.15, -0.1) is 0 Å². The average Bonchev–Trinajstić information content (AvgIpc) is 2.40. The summed E-state index contributed by atoms with van der Waals surface area (Å²) in [7, 11) is 0. The summed E-state index contributed by atoms with van der Waals surface area (Å²) in [4.78, 5) is 14.4. The zero-order valence-corrected chi connectivity index (χ0v) is 15.3. The van der Waals surface area contributed by atoms with Gasteiger partial charge in [-0.05, 0) is 44.4 Å². The fourth-order valence-electron chi connectivity index (χ4n) is 3.64. The number of hydrogen-bond donors (Lipinski definition) is 2. The Morgan fingerprint density at radius 1 is 1.46 bits per heavy atom. The second-order valence-electron chi connectivity index (χ2n) is 7.88. The summed E-state index contributed by atoms with van der Waals surface area (Å²) in [5.41, 5.74) is 7.64. The smallest absolute Gasteiger partial charge is 0.410 e. The molecule has 1 atom stereocenters. The quantitative estimate of drug-likeness (QED) is 0.878. The lowest BCUT2D eigenvalue weighted by Crippen LogP contribution is -2.78. The summed E-state index contributed by atoms with van der Waals surface area (Å²) >= 11 is 6.28. The van der Waals surface area contributed by atoms with Crippen LogP contribution >= 0.6 is 11.6 Å². The lowest BCUT2D eigenvalue weighted by molar-refractivity contribution is -0.105. The first-order valence-corrected chi connectivity index (χ1v) is 8.80. The van der Waals surface area contributed by atoms with E-state index in [-0.39, 0.29) is 17.6 Å². The Morgan fingerprint density at radius 2 is 2.17 bits per heavy atom. The average molecular weight is 352 g/mol. The first kappa shape index (κ1) is 17.5. The van der Waals surface area contributed by atoms with Crippen molar-refractivity contribution in [3.8, 4) is 0 Å². The molecule has 3 rings (SSSR count). The molecule has 0 aromatic heterocycles. The molecule has 3 N–H and O–H groups in total. The van der Waals surface area contributed by atoms with Crippen LogP contribution in [0, 0.1) is 5.41 Å². The van der Waals surface area contributed by atoms with E-state index in [2.05, 4.69) is 11.4 Å². The van der Waals surface area contributed by atoms with Gasteiger partial charge in [0, 0.05) is 42.7 Å². The normalized spacial score (nSPS) is 22.0. The van der Waals surface area contributed by atoms with Crippen molar-refractivity contribution in [1.82, 2.24) is 10.2 Å². The minimum absolute atomic E-state index is 0.123. The highest BCUT2D eigenvalue weighted by atomic mass is 35.5. The second kappa shape index (κ2) is 6.21. The van der Waals surface area contributed by atoms with Crippen LogP contribution in [0.5, 0.6) is 0 Å². The van der Waals surface area contributed by atoms with Gasteiger partial charge in [0.2, 0.25) is 0 Å². The Labute approximate surface area is 148 Å². The van der Waals surface area contributed by atoms with Crippen LogP contribution in [-0.2, 0) is 17.7 Å². The Balaban J connectivity index is 1.80. The van der Waals surface area contributed by atoms with Crippen LogP contribution in [-0.4, -0.2) is 42.3 Å². The maximum Gasteiger partial charge on any atom is 0.410 e. The maximum absolute atomic E-state index is 12.5. The van der Waals surface area contributed by atoms with Crippen LogP contribution in [0.4, 0.5) is 4.79 Å². The van der Waals surface area contributed by atoms with E-state index in [9.17, 15) is 4.79 Å². The second-order valence-corrected chi connectivity index (χ2v) is 8.28. The van der Waals surface area contributed by atoms with Crippen LogP contribution in [0.3, 0.4) is 0 Å². The maximum atomic E-state index is 12.5. The summed E-state index contributed by atoms with van der Waals surface area (Å²) < 4.78 is 5.57. The molecule has 1 unspecified atom stereocenters. The number of amides is 1. The molecule has 5 nitrogen and oxygen atoms in total. The van der Waals surface area contributed by atoms with Crippen molar-refractivity contribution in [3.63, 3.8) is 0 Å². The first-order valence-electron chi connectivity index (χ1n) is 8.42. The van der Waals surface area contributed by atoms with Gasteiger partial charge in [0.25, 0.3) is 0 Å². The van der Waals surface area contributed by atoms with Gasteiger partial charge in [0.1, 0.15) is 5.60 Å². The number of nitrogens with two attached hydrogens (primary N) is 1. The van der Waals surface area contributed by atoms with E-state index in [0.29, 0.717) is 11.6 Å². The molecule has 2 aliphatic heterocycles. The van der Waals surface area contributed by atoms with Gasteiger partial charge < -0.3 is 20.7 Å². The van der Waals surface area contributed by atoms with E-state index in [1.54, 1.807) is 0 Å². The zero-order valence-electron chi connectivity index (χ0n) is 14.6. The molecule has 1 spiro atoms. The van der Waals surface area contributed by atoms with Crippen LogP contribution in [0.25, 0.3) is 0 Å². The number of rotatable bonds is 3. The fourth-order valence-corrected chi connectivity index (χ4v) is 3.91. The molecule has 6 heteroatoms. The Kier molecular flexibility index (Phi) is 4.53. The van der Waals surface area contributed by atoms with E-state index < -0.39 is 5.60 Å². The molecule has 2 aliphatic rings. The van der Waals surface area contributed by atoms with Crippen molar-refractivity contribution in [2.24, 2.45) is 11.1 Å². The number of carbonyl (C=O) groups is 1. The molecule has 0 bridgehead atoms. The number of likely N-dealkylation sites (tertiary alicyclic amines) is 1. The molecule has 24 heavy (non-hydrogen) atoms. The number of hydrogen-bond acceptors (Lipinski definition) is 4. The van der Waals surface area contributed by atoms with Gasteiger partial charge in [-0.1, -0.05) is 23.7 Å². The molecule has 0 radical (unpaired) electrons. The Bertz CT molecular complexity index is 638. The van der Waals surface area contributed by atoms with Crippen molar-refractivity contribution in [2.45, 2.75) is 45.4 Å². The number of halogens is 1. The van der Waals surface area contributed by atoms with E-state index in [0.717, 1.165) is 37.2 Å². The van der Waals surface area contributed by atoms with Crippen molar-refractivity contribution < 1.29 is 9.53 Å². The highest BCUT2D eigenvalue weighted by Crippen LogP contribution is 2.44. The SMILES string of the molecule is CC(C)(C)OC(=O)N1CC2(CNC2)C1Cc1cccc(Cl)c1CN. The number of nitrogens with one attached hydrogen (secondary N) is 1. The molecule has 1 amide bonds. The highest BCUT2D eigenvalue weighted by molar-refractivity contribution is 6.31. The zero-order chi connectivity index (χ0) is 17.5. The summed E-state index contributed by atoms with van der Waals surface area (Å²) in [5, 5.41) is 4.03. The lowest BCUT2D eigenvalue weighted by Gasteiger charge is -2.62. The molecule has 2 fully saturated rings. The van der Waals surface area contributed by atoms with Crippen LogP contribution in [0.15, 0.2) is 18.2 Å². The summed E-state index contributed by atoms with van der Waals surface area (Å²) in [6, 6.07) is 5.98. The van der Waals surface area contributed by atoms with Crippen LogP contribution in [0.1, 0.15) is 31.9 Å². The summed E-state index contributed by atoms with van der Waals surface area (Å²) in [5.74, 6) is 0. The fraction of sp³-hybridized carbons (Fsp3) is 0.611. The monoisotopic (exact) mass is 351 g/mol. The minimum atomic E-state index is -0.485. The molecule has 2 saturated heterocycles. The van der Waals surface area contributed by atoms with Gasteiger partial charge in [0.15, 0.2) is 0 Å². The largest absolute Gasteiger partial charge is 0.444 e. The molecule has 0 saturated carbocycles. The standard InChI is InChI=1S/C18H26ClN3O2/c1-17(2,3)24-16(23)22-11-18(9-21-10-18)15(22)7-12-5-4-6-14(19)13(12)8-20/h4-6,15,21H,7-11,20H2,1-3H3. The van der Waals surface area contributed by atoms with Crippen molar-refractivity contribution in [3.05, 3.63) is 34.3 Å². The first-order chi connectivity index (χ1) is 11.3.